The number of anilines is 6. The lowest BCUT2D eigenvalue weighted by molar-refractivity contribution is 0.602. The maximum absolute atomic E-state index is 15.0. The average molecular weight is 486 g/mol. The van der Waals surface area contributed by atoms with Crippen LogP contribution in [0.4, 0.5) is 34.1 Å². The summed E-state index contributed by atoms with van der Waals surface area (Å²) in [6, 6.07) is 47.2. The average Bonchev–Trinajstić information content (AvgIpc) is 3.39. The highest BCUT2D eigenvalue weighted by Crippen LogP contribution is 2.61. The highest BCUT2D eigenvalue weighted by Gasteiger charge is 2.64. The first-order valence-corrected chi connectivity index (χ1v) is 13.1. The van der Waals surface area contributed by atoms with Crippen LogP contribution in [0.25, 0.3) is 0 Å². The van der Waals surface area contributed by atoms with Gasteiger partial charge in [-0.1, -0.05) is 78.9 Å². The maximum Gasteiger partial charge on any atom is 0.290 e. The second-order valence-electron chi connectivity index (χ2n) is 8.81. The van der Waals surface area contributed by atoms with Crippen LogP contribution in [0.2, 0.25) is 0 Å². The molecule has 5 heteroatoms. The van der Waals surface area contributed by atoms with Crippen molar-refractivity contribution in [2.75, 3.05) is 14.7 Å². The second-order valence-corrected chi connectivity index (χ2v) is 10.3. The first kappa shape index (κ1) is 21.0. The van der Waals surface area contributed by atoms with Crippen LogP contribution in [0.1, 0.15) is 0 Å². The third kappa shape index (κ3) is 2.77. The van der Waals surface area contributed by atoms with E-state index in [-0.39, 0.29) is 0 Å². The normalized spacial score (nSPS) is 17.3. The van der Waals surface area contributed by atoms with Gasteiger partial charge in [0.1, 0.15) is 10.8 Å². The van der Waals surface area contributed by atoms with Crippen molar-refractivity contribution in [3.63, 3.8) is 0 Å². The van der Waals surface area contributed by atoms with Gasteiger partial charge in [-0.05, 0) is 60.7 Å². The second kappa shape index (κ2) is 8.11. The summed E-state index contributed by atoms with van der Waals surface area (Å²) in [5.41, 5.74) is 5.89. The van der Waals surface area contributed by atoms with Crippen molar-refractivity contribution >= 4 is 44.9 Å². The molecule has 7 rings (SSSR count). The molecule has 2 aliphatic rings. The number of para-hydroxylation sites is 6. The zero-order chi connectivity index (χ0) is 24.1. The first-order chi connectivity index (χ1) is 17.8. The van der Waals surface area contributed by atoms with E-state index in [4.69, 9.17) is 0 Å². The Kier molecular flexibility index (Phi) is 4.72. The van der Waals surface area contributed by atoms with Gasteiger partial charge in [-0.25, -0.2) is 4.21 Å². The third-order valence-corrected chi connectivity index (χ3v) is 8.63. The van der Waals surface area contributed by atoms with Crippen molar-refractivity contribution in [3.8, 4) is 0 Å². The molecule has 0 amide bonds. The van der Waals surface area contributed by atoms with Gasteiger partial charge in [-0.2, -0.15) is 0 Å². The van der Waals surface area contributed by atoms with E-state index in [9.17, 15) is 0 Å². The maximum atomic E-state index is 15.0. The van der Waals surface area contributed by atoms with Crippen LogP contribution in [0.3, 0.4) is 0 Å². The van der Waals surface area contributed by atoms with Crippen LogP contribution in [-0.4, -0.2) is 9.33 Å². The minimum Gasteiger partial charge on any atom is -0.288 e. The predicted molar refractivity (Wildman–Crippen MR) is 148 cm³/mol. The summed E-state index contributed by atoms with van der Waals surface area (Å²) in [5.74, 6) is 0. The largest absolute Gasteiger partial charge is 0.290 e. The van der Waals surface area contributed by atoms with E-state index in [0.717, 1.165) is 39.0 Å². The zero-order valence-corrected chi connectivity index (χ0v) is 20.3. The Labute approximate surface area is 213 Å². The molecule has 0 aliphatic carbocycles. The topological polar surface area (TPSA) is 26.8 Å². The fraction of sp³-hybridized carbons (Fsp3) is 0.0323. The third-order valence-electron chi connectivity index (χ3n) is 6.84. The van der Waals surface area contributed by atoms with Crippen molar-refractivity contribution in [1.29, 1.82) is 0 Å². The lowest BCUT2D eigenvalue weighted by atomic mass is 10.2. The number of fused-ring (bicyclic) bond motifs is 2. The van der Waals surface area contributed by atoms with E-state index in [0.29, 0.717) is 0 Å². The molecular weight excluding hydrogens is 462 g/mol. The molecule has 0 fully saturated rings. The molecule has 0 aromatic heterocycles. The molecule has 1 spiro atoms. The van der Waals surface area contributed by atoms with Crippen LogP contribution in [-0.2, 0) is 10.8 Å². The molecule has 0 N–H and O–H groups in total. The van der Waals surface area contributed by atoms with Crippen LogP contribution >= 0.6 is 0 Å². The van der Waals surface area contributed by atoms with Gasteiger partial charge >= 0.3 is 0 Å². The van der Waals surface area contributed by atoms with Crippen LogP contribution in [0.5, 0.6) is 0 Å². The fourth-order valence-corrected chi connectivity index (χ4v) is 7.42. The minimum atomic E-state index is -1.47. The molecule has 2 heterocycles. The molecule has 0 saturated carbocycles. The monoisotopic (exact) mass is 485 g/mol. The predicted octanol–water partition coefficient (Wildman–Crippen LogP) is 7.55. The molecule has 1 atom stereocenters. The van der Waals surface area contributed by atoms with Crippen LogP contribution < -0.4 is 14.7 Å². The van der Waals surface area contributed by atoms with Gasteiger partial charge in [0.25, 0.3) is 5.12 Å². The number of rotatable bonds is 3. The van der Waals surface area contributed by atoms with E-state index < -0.39 is 15.9 Å². The molecule has 2 aliphatic heterocycles. The van der Waals surface area contributed by atoms with Gasteiger partial charge in [0.05, 0.1) is 22.0 Å². The standard InChI is InChI=1S/C31H23N3OS/c35-36-30-23-13-12-22-29(30)34(26-18-8-3-9-19-26)31(36)32(24-14-4-1-5-15-24)27-20-10-11-21-28(27)33(31)25-16-6-2-7-17-25/h1-23H. The van der Waals surface area contributed by atoms with E-state index in [1.807, 2.05) is 72.8 Å². The molecule has 174 valence electrons. The van der Waals surface area contributed by atoms with Gasteiger partial charge in [-0.15, -0.1) is 0 Å². The lowest BCUT2D eigenvalue weighted by Crippen LogP contribution is -2.64. The quantitative estimate of drug-likeness (QED) is 0.264. The molecule has 5 aromatic carbocycles. The lowest BCUT2D eigenvalue weighted by Gasteiger charge is -2.47. The Morgan fingerprint density at radius 3 is 1.19 bits per heavy atom. The van der Waals surface area contributed by atoms with Gasteiger partial charge in [-0.3, -0.25) is 14.7 Å². The van der Waals surface area contributed by atoms with Gasteiger partial charge in [0.2, 0.25) is 0 Å². The molecule has 0 radical (unpaired) electrons. The van der Waals surface area contributed by atoms with Gasteiger partial charge in [0, 0.05) is 17.1 Å². The van der Waals surface area contributed by atoms with Crippen molar-refractivity contribution in [1.82, 2.24) is 0 Å². The highest BCUT2D eigenvalue weighted by atomic mass is 32.2. The summed E-state index contributed by atoms with van der Waals surface area (Å²) in [6.45, 7) is 0. The van der Waals surface area contributed by atoms with Crippen molar-refractivity contribution in [2.45, 2.75) is 10.0 Å². The number of hydrogen-bond acceptors (Lipinski definition) is 4. The smallest absolute Gasteiger partial charge is 0.288 e. The number of nitrogens with zero attached hydrogens (tertiary/aromatic N) is 3. The molecule has 5 aromatic rings. The summed E-state index contributed by atoms with van der Waals surface area (Å²) >= 11 is 0. The minimum absolute atomic E-state index is 0.816. The van der Waals surface area contributed by atoms with Crippen LogP contribution in [0.15, 0.2) is 144 Å². The van der Waals surface area contributed by atoms with E-state index in [2.05, 4.69) is 81.4 Å². The number of benzene rings is 5. The Bertz CT molecular complexity index is 1450. The highest BCUT2D eigenvalue weighted by molar-refractivity contribution is 7.87. The van der Waals surface area contributed by atoms with Gasteiger partial charge < -0.3 is 0 Å². The van der Waals surface area contributed by atoms with Gasteiger partial charge in [0.15, 0.2) is 0 Å². The first-order valence-electron chi connectivity index (χ1n) is 12.0. The van der Waals surface area contributed by atoms with E-state index in [1.54, 1.807) is 0 Å². The summed E-state index contributed by atoms with van der Waals surface area (Å²) in [4.78, 5) is 7.56. The van der Waals surface area contributed by atoms with E-state index in [1.165, 1.54) is 0 Å². The molecule has 36 heavy (non-hydrogen) atoms. The summed E-state index contributed by atoms with van der Waals surface area (Å²) < 4.78 is 15.0. The number of hydrogen-bond donors (Lipinski definition) is 0. The zero-order valence-electron chi connectivity index (χ0n) is 19.4. The molecular formula is C31H23N3OS. The van der Waals surface area contributed by atoms with Crippen LogP contribution in [0, 0.1) is 0 Å². The fourth-order valence-electron chi connectivity index (χ4n) is 5.46. The van der Waals surface area contributed by atoms with Crippen molar-refractivity contribution in [2.24, 2.45) is 0 Å². The Morgan fingerprint density at radius 1 is 0.417 bits per heavy atom. The Hall–Kier alpha value is -4.35. The molecule has 4 nitrogen and oxygen atoms in total. The summed E-state index contributed by atoms with van der Waals surface area (Å²) in [7, 11) is -1.47. The molecule has 1 unspecified atom stereocenters. The Balaban J connectivity index is 1.63. The van der Waals surface area contributed by atoms with E-state index >= 15 is 4.21 Å². The summed E-state index contributed by atoms with van der Waals surface area (Å²) in [5, 5.41) is -1.10. The van der Waals surface area contributed by atoms with Crippen molar-refractivity contribution < 1.29 is 4.21 Å². The summed E-state index contributed by atoms with van der Waals surface area (Å²) in [6.07, 6.45) is 0. The molecule has 0 saturated heterocycles. The SMILES string of the molecule is O=S1c2ccccc2N(c2ccccc2)C12N(c1ccccc1)c1ccccc1N2c1ccccc1. The van der Waals surface area contributed by atoms with Crippen molar-refractivity contribution in [3.05, 3.63) is 140 Å². The molecule has 0 bridgehead atoms. The Morgan fingerprint density at radius 2 is 0.750 bits per heavy atom.